The molecule has 6 heteroatoms. The number of hydrogen-bond donors (Lipinski definition) is 0. The van der Waals surface area contributed by atoms with E-state index in [2.05, 4.69) is 81.5 Å². The van der Waals surface area contributed by atoms with Crippen LogP contribution < -0.4 is 0 Å². The molecule has 0 aliphatic carbocycles. The van der Waals surface area contributed by atoms with Gasteiger partial charge in [0.1, 0.15) is 13.2 Å². The van der Waals surface area contributed by atoms with E-state index in [0.717, 1.165) is 89.9 Å². The molecule has 0 saturated carbocycles. The number of hydrogen-bond acceptors (Lipinski definition) is 6. The summed E-state index contributed by atoms with van der Waals surface area (Å²) >= 11 is 0. The molecule has 0 radical (unpaired) electrons. The van der Waals surface area contributed by atoms with Gasteiger partial charge in [-0.15, -0.1) is 0 Å². The lowest BCUT2D eigenvalue weighted by Gasteiger charge is -2.18. The molecule has 0 amide bonds. The third kappa shape index (κ3) is 57.9. The van der Waals surface area contributed by atoms with Gasteiger partial charge in [-0.05, 0) is 83.5 Å². The Morgan fingerprint density at radius 1 is 0.296 bits per heavy atom. The number of carbonyl (C=O) groups is 3. The first-order valence-corrected chi connectivity index (χ1v) is 30.8. The zero-order chi connectivity index (χ0) is 51.4. The van der Waals surface area contributed by atoms with Crippen molar-refractivity contribution in [2.24, 2.45) is 0 Å². The number of carbonyl (C=O) groups excluding carboxylic acids is 3. The van der Waals surface area contributed by atoms with Crippen molar-refractivity contribution in [1.29, 1.82) is 0 Å². The third-order valence-corrected chi connectivity index (χ3v) is 13.5. The molecular formula is C65H116O6. The van der Waals surface area contributed by atoms with Crippen molar-refractivity contribution in [3.05, 3.63) is 60.8 Å². The maximum absolute atomic E-state index is 12.9. The highest BCUT2D eigenvalue weighted by molar-refractivity contribution is 5.71. The largest absolute Gasteiger partial charge is 0.462 e. The Bertz CT molecular complexity index is 1280. The van der Waals surface area contributed by atoms with E-state index in [9.17, 15) is 14.4 Å². The van der Waals surface area contributed by atoms with Crippen LogP contribution in [0, 0.1) is 0 Å². The van der Waals surface area contributed by atoms with Crippen LogP contribution in [0.15, 0.2) is 60.8 Å². The van der Waals surface area contributed by atoms with Crippen LogP contribution in [0.3, 0.4) is 0 Å². The van der Waals surface area contributed by atoms with Crippen molar-refractivity contribution in [3.63, 3.8) is 0 Å². The highest BCUT2D eigenvalue weighted by Gasteiger charge is 2.19. The monoisotopic (exact) mass is 993 g/mol. The average Bonchev–Trinajstić information content (AvgIpc) is 3.37. The SMILES string of the molecule is CC/C=C\C/C=C\C/C=C\CCCCCC(=O)OCC(COC(=O)CCCCCCCCCCCCCCC/C=C\C/C=C\CCCCCCC)OC(=O)CCCCCCCCCCCCCCCCC. The fourth-order valence-electron chi connectivity index (χ4n) is 8.90. The van der Waals surface area contributed by atoms with Gasteiger partial charge in [0.15, 0.2) is 6.10 Å². The number of rotatable bonds is 56. The summed E-state index contributed by atoms with van der Waals surface area (Å²) < 4.78 is 16.9. The molecule has 0 aliphatic heterocycles. The summed E-state index contributed by atoms with van der Waals surface area (Å²) in [6.45, 7) is 6.53. The van der Waals surface area contributed by atoms with Crippen molar-refractivity contribution >= 4 is 17.9 Å². The minimum absolute atomic E-state index is 0.0809. The van der Waals surface area contributed by atoms with E-state index < -0.39 is 6.10 Å². The van der Waals surface area contributed by atoms with Crippen LogP contribution in [0.2, 0.25) is 0 Å². The smallest absolute Gasteiger partial charge is 0.306 e. The van der Waals surface area contributed by atoms with E-state index in [-0.39, 0.29) is 31.1 Å². The fraction of sp³-hybridized carbons (Fsp3) is 0.800. The molecule has 0 rings (SSSR count). The van der Waals surface area contributed by atoms with Crippen LogP contribution in [0.4, 0.5) is 0 Å². The van der Waals surface area contributed by atoms with Crippen molar-refractivity contribution in [2.45, 2.75) is 322 Å². The van der Waals surface area contributed by atoms with Gasteiger partial charge in [0.2, 0.25) is 0 Å². The summed E-state index contributed by atoms with van der Waals surface area (Å²) in [7, 11) is 0. The standard InChI is InChI=1S/C65H116O6/c1-4-7-10-13-16-19-22-25-27-28-29-30-31-32-33-34-35-36-38-40-43-46-49-52-55-58-64(67)70-61-62(60-69-63(66)57-54-51-48-45-42-39-24-21-18-15-12-9-6-3)71-65(68)59-56-53-50-47-44-41-37-26-23-20-17-14-11-8-5-2/h9,12,18,21-22,25,28-29,39,42,62H,4-8,10-11,13-17,19-20,23-24,26-27,30-38,40-41,43-61H2,1-3H3/b12-9-,21-18-,25-22-,29-28-,42-39-. The Hall–Kier alpha value is -2.89. The molecule has 0 aromatic carbocycles. The van der Waals surface area contributed by atoms with Gasteiger partial charge in [0.25, 0.3) is 0 Å². The molecule has 412 valence electrons. The fourth-order valence-corrected chi connectivity index (χ4v) is 8.90. The van der Waals surface area contributed by atoms with Gasteiger partial charge < -0.3 is 14.2 Å². The van der Waals surface area contributed by atoms with Crippen LogP contribution in [0.1, 0.15) is 316 Å². The van der Waals surface area contributed by atoms with Gasteiger partial charge >= 0.3 is 17.9 Å². The normalized spacial score (nSPS) is 12.4. The summed E-state index contributed by atoms with van der Waals surface area (Å²) in [6, 6.07) is 0. The van der Waals surface area contributed by atoms with Crippen molar-refractivity contribution in [2.75, 3.05) is 13.2 Å². The van der Waals surface area contributed by atoms with Crippen LogP contribution in [-0.4, -0.2) is 37.2 Å². The molecule has 0 aromatic rings. The summed E-state index contributed by atoms with van der Waals surface area (Å²) in [4.78, 5) is 38.2. The Kier molecular flexibility index (Phi) is 57.2. The lowest BCUT2D eigenvalue weighted by molar-refractivity contribution is -0.167. The van der Waals surface area contributed by atoms with E-state index in [0.29, 0.717) is 19.3 Å². The van der Waals surface area contributed by atoms with Gasteiger partial charge in [0, 0.05) is 19.3 Å². The molecule has 6 nitrogen and oxygen atoms in total. The molecule has 0 aromatic heterocycles. The predicted octanol–water partition coefficient (Wildman–Crippen LogP) is 20.8. The van der Waals surface area contributed by atoms with Crippen LogP contribution >= 0.6 is 0 Å². The third-order valence-electron chi connectivity index (χ3n) is 13.5. The summed E-state index contributed by atoms with van der Waals surface area (Å²) in [5.41, 5.74) is 0. The van der Waals surface area contributed by atoms with Crippen molar-refractivity contribution < 1.29 is 28.6 Å². The van der Waals surface area contributed by atoms with E-state index in [1.165, 1.54) is 186 Å². The molecule has 0 aliphatic rings. The zero-order valence-corrected chi connectivity index (χ0v) is 47.2. The number of unbranched alkanes of at least 4 members (excludes halogenated alkanes) is 35. The first-order valence-electron chi connectivity index (χ1n) is 30.8. The zero-order valence-electron chi connectivity index (χ0n) is 47.2. The van der Waals surface area contributed by atoms with Crippen LogP contribution in [-0.2, 0) is 28.6 Å². The first-order chi connectivity index (χ1) is 35.0. The molecule has 0 heterocycles. The number of esters is 3. The quantitative estimate of drug-likeness (QED) is 0.0261. The average molecular weight is 994 g/mol. The molecule has 1 atom stereocenters. The van der Waals surface area contributed by atoms with E-state index in [1.54, 1.807) is 0 Å². The maximum atomic E-state index is 12.9. The maximum Gasteiger partial charge on any atom is 0.306 e. The second-order valence-electron chi connectivity index (χ2n) is 20.6. The second kappa shape index (κ2) is 59.7. The van der Waals surface area contributed by atoms with Crippen LogP contribution in [0.5, 0.6) is 0 Å². The van der Waals surface area contributed by atoms with E-state index in [4.69, 9.17) is 14.2 Å². The Labute approximate surface area is 440 Å². The van der Waals surface area contributed by atoms with Gasteiger partial charge in [0.05, 0.1) is 0 Å². The predicted molar refractivity (Wildman–Crippen MR) is 307 cm³/mol. The van der Waals surface area contributed by atoms with Crippen molar-refractivity contribution in [3.8, 4) is 0 Å². The molecule has 71 heavy (non-hydrogen) atoms. The molecule has 0 spiro atoms. The lowest BCUT2D eigenvalue weighted by atomic mass is 10.0. The Balaban J connectivity index is 4.27. The molecule has 0 bridgehead atoms. The summed E-state index contributed by atoms with van der Waals surface area (Å²) in [5, 5.41) is 0. The second-order valence-corrected chi connectivity index (χ2v) is 20.6. The summed E-state index contributed by atoms with van der Waals surface area (Å²) in [6.07, 6.45) is 75.1. The van der Waals surface area contributed by atoms with Gasteiger partial charge in [-0.2, -0.15) is 0 Å². The molecule has 1 unspecified atom stereocenters. The minimum Gasteiger partial charge on any atom is -0.462 e. The Morgan fingerprint density at radius 2 is 0.549 bits per heavy atom. The molecular weight excluding hydrogens is 877 g/mol. The number of ether oxygens (including phenoxy) is 3. The van der Waals surface area contributed by atoms with Gasteiger partial charge in [-0.25, -0.2) is 0 Å². The minimum atomic E-state index is -0.784. The highest BCUT2D eigenvalue weighted by Crippen LogP contribution is 2.17. The van der Waals surface area contributed by atoms with Crippen molar-refractivity contribution in [1.82, 2.24) is 0 Å². The number of allylic oxidation sites excluding steroid dienone is 10. The molecule has 0 N–H and O–H groups in total. The summed E-state index contributed by atoms with van der Waals surface area (Å²) in [5.74, 6) is -0.897. The topological polar surface area (TPSA) is 78.9 Å². The molecule has 0 fully saturated rings. The molecule has 0 saturated heterocycles. The van der Waals surface area contributed by atoms with Gasteiger partial charge in [-0.1, -0.05) is 274 Å². The lowest BCUT2D eigenvalue weighted by Crippen LogP contribution is -2.30. The highest BCUT2D eigenvalue weighted by atomic mass is 16.6. The Morgan fingerprint density at radius 3 is 0.873 bits per heavy atom. The van der Waals surface area contributed by atoms with E-state index in [1.807, 2.05) is 0 Å². The van der Waals surface area contributed by atoms with E-state index >= 15 is 0 Å². The van der Waals surface area contributed by atoms with Gasteiger partial charge in [-0.3, -0.25) is 14.4 Å². The first kappa shape index (κ1) is 68.1. The van der Waals surface area contributed by atoms with Crippen LogP contribution in [0.25, 0.3) is 0 Å².